The van der Waals surface area contributed by atoms with Gasteiger partial charge >= 0.3 is 0 Å². The van der Waals surface area contributed by atoms with Crippen LogP contribution in [0, 0.1) is 13.8 Å². The van der Waals surface area contributed by atoms with Crippen LogP contribution in [-0.2, 0) is 4.79 Å². The van der Waals surface area contributed by atoms with Gasteiger partial charge in [0.15, 0.2) is 0 Å². The quantitative estimate of drug-likeness (QED) is 0.909. The highest BCUT2D eigenvalue weighted by Gasteiger charge is 2.09. The molecule has 2 N–H and O–H groups in total. The van der Waals surface area contributed by atoms with Crippen molar-refractivity contribution in [3.63, 3.8) is 0 Å². The molecule has 4 nitrogen and oxygen atoms in total. The number of carbonyl (C=O) groups excluding carboxylic acids is 2. The molecule has 0 saturated heterocycles. The molecule has 2 aromatic carbocycles. The fourth-order valence-corrected chi connectivity index (χ4v) is 2.15. The maximum Gasteiger partial charge on any atom is 0.251 e. The van der Waals surface area contributed by atoms with E-state index in [1.807, 2.05) is 32.0 Å². The Balaban J connectivity index is 1.93. The Morgan fingerprint density at radius 1 is 1.09 bits per heavy atom. The van der Waals surface area contributed by atoms with Gasteiger partial charge in [0.05, 0.1) is 6.54 Å². The second-order valence-corrected chi connectivity index (χ2v) is 5.50. The van der Waals surface area contributed by atoms with Crippen LogP contribution in [0.4, 0.5) is 5.69 Å². The molecule has 2 aromatic rings. The van der Waals surface area contributed by atoms with E-state index in [1.165, 1.54) is 0 Å². The van der Waals surface area contributed by atoms with E-state index in [0.29, 0.717) is 10.6 Å². The molecular weight excluding hydrogens is 300 g/mol. The van der Waals surface area contributed by atoms with Crippen molar-refractivity contribution in [3.05, 3.63) is 64.2 Å². The lowest BCUT2D eigenvalue weighted by Crippen LogP contribution is -2.33. The largest absolute Gasteiger partial charge is 0.343 e. The molecule has 0 aliphatic heterocycles. The second-order valence-electron chi connectivity index (χ2n) is 5.06. The fraction of sp³-hybridized carbons (Fsp3) is 0.176. The lowest BCUT2D eigenvalue weighted by molar-refractivity contribution is -0.115. The number of halogens is 1. The number of amides is 2. The molecule has 0 aliphatic rings. The third-order valence-corrected chi connectivity index (χ3v) is 3.40. The van der Waals surface area contributed by atoms with Crippen molar-refractivity contribution in [3.8, 4) is 0 Å². The van der Waals surface area contributed by atoms with Gasteiger partial charge in [-0.25, -0.2) is 0 Å². The van der Waals surface area contributed by atoms with Gasteiger partial charge in [-0.1, -0.05) is 29.8 Å². The summed E-state index contributed by atoms with van der Waals surface area (Å²) >= 11 is 5.83. The molecular formula is C17H17ClN2O2. The summed E-state index contributed by atoms with van der Waals surface area (Å²) in [5.74, 6) is -0.609. The number of benzene rings is 2. The lowest BCUT2D eigenvalue weighted by atomic mass is 10.1. The Labute approximate surface area is 134 Å². The molecule has 0 bridgehead atoms. The van der Waals surface area contributed by atoms with Crippen molar-refractivity contribution in [1.29, 1.82) is 0 Å². The van der Waals surface area contributed by atoms with Crippen LogP contribution in [0.2, 0.25) is 5.02 Å². The first-order valence-corrected chi connectivity index (χ1v) is 7.24. The number of hydrogen-bond donors (Lipinski definition) is 2. The first-order valence-electron chi connectivity index (χ1n) is 6.86. The molecule has 2 rings (SSSR count). The van der Waals surface area contributed by atoms with Crippen molar-refractivity contribution < 1.29 is 9.59 Å². The van der Waals surface area contributed by atoms with Gasteiger partial charge in [0.25, 0.3) is 5.91 Å². The highest BCUT2D eigenvalue weighted by atomic mass is 35.5. The number of rotatable bonds is 4. The van der Waals surface area contributed by atoms with Crippen LogP contribution in [0.5, 0.6) is 0 Å². The molecule has 0 atom stereocenters. The summed E-state index contributed by atoms with van der Waals surface area (Å²) < 4.78 is 0. The Morgan fingerprint density at radius 2 is 1.86 bits per heavy atom. The summed E-state index contributed by atoms with van der Waals surface area (Å²) in [7, 11) is 0. The molecule has 0 saturated carbocycles. The first kappa shape index (κ1) is 16.0. The predicted octanol–water partition coefficient (Wildman–Crippen LogP) is 3.33. The maximum absolute atomic E-state index is 11.9. The van der Waals surface area contributed by atoms with E-state index in [-0.39, 0.29) is 18.4 Å². The Morgan fingerprint density at radius 3 is 2.59 bits per heavy atom. The third-order valence-electron chi connectivity index (χ3n) is 3.16. The zero-order valence-electron chi connectivity index (χ0n) is 12.4. The van der Waals surface area contributed by atoms with Crippen LogP contribution in [0.1, 0.15) is 21.5 Å². The topological polar surface area (TPSA) is 58.2 Å². The molecule has 5 heteroatoms. The first-order chi connectivity index (χ1) is 10.5. The Hall–Kier alpha value is -2.33. The van der Waals surface area contributed by atoms with E-state index in [2.05, 4.69) is 10.6 Å². The standard InChI is InChI=1S/C17H17ClN2O2/c1-11-6-7-12(2)15(8-11)20-16(21)10-19-17(22)13-4-3-5-14(18)9-13/h3-9H,10H2,1-2H3,(H,19,22)(H,20,21). The smallest absolute Gasteiger partial charge is 0.251 e. The van der Waals surface area contributed by atoms with E-state index in [9.17, 15) is 9.59 Å². The van der Waals surface area contributed by atoms with Gasteiger partial charge in [0, 0.05) is 16.3 Å². The van der Waals surface area contributed by atoms with Crippen LogP contribution < -0.4 is 10.6 Å². The van der Waals surface area contributed by atoms with Gasteiger partial charge in [-0.3, -0.25) is 9.59 Å². The van der Waals surface area contributed by atoms with Crippen LogP contribution >= 0.6 is 11.6 Å². The molecule has 0 unspecified atom stereocenters. The lowest BCUT2D eigenvalue weighted by Gasteiger charge is -2.10. The highest BCUT2D eigenvalue weighted by molar-refractivity contribution is 6.31. The molecule has 0 fully saturated rings. The van der Waals surface area contributed by atoms with E-state index < -0.39 is 0 Å². The summed E-state index contributed by atoms with van der Waals surface area (Å²) in [6, 6.07) is 12.4. The van der Waals surface area contributed by atoms with E-state index >= 15 is 0 Å². The van der Waals surface area contributed by atoms with Crippen LogP contribution in [-0.4, -0.2) is 18.4 Å². The zero-order valence-corrected chi connectivity index (χ0v) is 13.2. The van der Waals surface area contributed by atoms with Crippen molar-refractivity contribution in [1.82, 2.24) is 5.32 Å². The minimum atomic E-state index is -0.335. The monoisotopic (exact) mass is 316 g/mol. The van der Waals surface area contributed by atoms with Crippen molar-refractivity contribution in [2.24, 2.45) is 0 Å². The van der Waals surface area contributed by atoms with Gasteiger partial charge < -0.3 is 10.6 Å². The summed E-state index contributed by atoms with van der Waals surface area (Å²) in [5.41, 5.74) is 3.21. The summed E-state index contributed by atoms with van der Waals surface area (Å²) in [5, 5.41) is 5.84. The number of anilines is 1. The number of nitrogens with one attached hydrogen (secondary N) is 2. The summed E-state index contributed by atoms with van der Waals surface area (Å²) in [6.07, 6.45) is 0. The van der Waals surface area contributed by atoms with Crippen molar-refractivity contribution in [2.45, 2.75) is 13.8 Å². The van der Waals surface area contributed by atoms with Crippen LogP contribution in [0.25, 0.3) is 0 Å². The molecule has 114 valence electrons. The molecule has 0 heterocycles. The molecule has 0 aliphatic carbocycles. The minimum Gasteiger partial charge on any atom is -0.343 e. The average molecular weight is 317 g/mol. The van der Waals surface area contributed by atoms with Gasteiger partial charge in [0.1, 0.15) is 0 Å². The minimum absolute atomic E-state index is 0.0985. The number of carbonyl (C=O) groups is 2. The maximum atomic E-state index is 11.9. The molecule has 0 aromatic heterocycles. The summed E-state index contributed by atoms with van der Waals surface area (Å²) in [6.45, 7) is 3.77. The number of aryl methyl sites for hydroxylation is 2. The van der Waals surface area contributed by atoms with Gasteiger partial charge in [-0.15, -0.1) is 0 Å². The Bertz CT molecular complexity index is 714. The van der Waals surface area contributed by atoms with Crippen LogP contribution in [0.3, 0.4) is 0 Å². The molecule has 2 amide bonds. The molecule has 0 spiro atoms. The van der Waals surface area contributed by atoms with Gasteiger partial charge in [0.2, 0.25) is 5.91 Å². The normalized spacial score (nSPS) is 10.1. The van der Waals surface area contributed by atoms with E-state index in [1.54, 1.807) is 24.3 Å². The predicted molar refractivity (Wildman–Crippen MR) is 88.3 cm³/mol. The number of hydrogen-bond acceptors (Lipinski definition) is 2. The highest BCUT2D eigenvalue weighted by Crippen LogP contribution is 2.16. The van der Waals surface area contributed by atoms with Crippen molar-refractivity contribution in [2.75, 3.05) is 11.9 Å². The second kappa shape index (κ2) is 7.09. The third kappa shape index (κ3) is 4.33. The van der Waals surface area contributed by atoms with E-state index in [0.717, 1.165) is 16.8 Å². The Kier molecular flexibility index (Phi) is 5.17. The molecule has 22 heavy (non-hydrogen) atoms. The van der Waals surface area contributed by atoms with Gasteiger partial charge in [-0.2, -0.15) is 0 Å². The van der Waals surface area contributed by atoms with Crippen LogP contribution in [0.15, 0.2) is 42.5 Å². The summed E-state index contributed by atoms with van der Waals surface area (Å²) in [4.78, 5) is 23.9. The fourth-order valence-electron chi connectivity index (χ4n) is 1.96. The van der Waals surface area contributed by atoms with Crippen molar-refractivity contribution >= 4 is 29.1 Å². The van der Waals surface area contributed by atoms with E-state index in [4.69, 9.17) is 11.6 Å². The average Bonchev–Trinajstić information content (AvgIpc) is 2.48. The zero-order chi connectivity index (χ0) is 16.1. The SMILES string of the molecule is Cc1ccc(C)c(NC(=O)CNC(=O)c2cccc(Cl)c2)c1. The van der Waals surface area contributed by atoms with Gasteiger partial charge in [-0.05, 0) is 49.2 Å². The molecule has 0 radical (unpaired) electrons.